The van der Waals surface area contributed by atoms with Crippen LogP contribution in [0.2, 0.25) is 0 Å². The van der Waals surface area contributed by atoms with E-state index in [1.165, 1.54) is 74.4 Å². The van der Waals surface area contributed by atoms with Gasteiger partial charge in [-0.2, -0.15) is 47.0 Å². The van der Waals surface area contributed by atoms with Crippen LogP contribution in [0.1, 0.15) is 79.1 Å². The normalized spacial score (nSPS) is 11.6. The molecule has 0 bridgehead atoms. The molecule has 0 aliphatic rings. The van der Waals surface area contributed by atoms with E-state index in [4.69, 9.17) is 0 Å². The number of Topliss-reactive ketones (excluding diaryl/α,β-unsaturated/α-hetero) is 1. The molecule has 5 heteroatoms. The summed E-state index contributed by atoms with van der Waals surface area (Å²) in [5.74, 6) is 10.1. The average Bonchev–Trinajstić information content (AvgIpc) is 2.71. The van der Waals surface area contributed by atoms with Crippen LogP contribution in [0.4, 0.5) is 0 Å². The predicted molar refractivity (Wildman–Crippen MR) is 141 cm³/mol. The molecule has 0 aliphatic carbocycles. The number of unbranched alkanes of at least 4 members (excludes halogenated alkanes) is 4. The van der Waals surface area contributed by atoms with Crippen LogP contribution in [-0.2, 0) is 4.79 Å². The van der Waals surface area contributed by atoms with E-state index in [-0.39, 0.29) is 11.8 Å². The summed E-state index contributed by atoms with van der Waals surface area (Å²) in [6.45, 7) is 9.00. The molecule has 28 heavy (non-hydrogen) atoms. The zero-order valence-electron chi connectivity index (χ0n) is 19.0. The smallest absolute Gasteiger partial charge is 0.142 e. The third kappa shape index (κ3) is 16.8. The number of carbonyl (C=O) groups excluding carboxylic acids is 1. The average molecular weight is 467 g/mol. The van der Waals surface area contributed by atoms with Crippen molar-refractivity contribution in [3.8, 4) is 0 Å². The maximum Gasteiger partial charge on any atom is 0.142 e. The van der Waals surface area contributed by atoms with Gasteiger partial charge in [0.1, 0.15) is 5.78 Å². The van der Waals surface area contributed by atoms with Crippen LogP contribution < -0.4 is 0 Å². The Labute approximate surface area is 193 Å². The lowest BCUT2D eigenvalue weighted by molar-refractivity contribution is -0.124. The molecule has 0 aromatic rings. The summed E-state index contributed by atoms with van der Waals surface area (Å²) in [6, 6.07) is 0. The van der Waals surface area contributed by atoms with E-state index in [1.807, 2.05) is 47.0 Å². The SMILES string of the molecule is CCCCSCC(CSCCCC)C(=O)C(CSCCCC)CSCCCC. The van der Waals surface area contributed by atoms with Crippen molar-refractivity contribution in [1.82, 2.24) is 0 Å². The summed E-state index contributed by atoms with van der Waals surface area (Å²) in [4.78, 5) is 13.4. The van der Waals surface area contributed by atoms with E-state index in [0.717, 1.165) is 23.0 Å². The second kappa shape index (κ2) is 22.7. The van der Waals surface area contributed by atoms with Crippen molar-refractivity contribution < 1.29 is 4.79 Å². The topological polar surface area (TPSA) is 17.1 Å². The minimum absolute atomic E-state index is 0.257. The Balaban J connectivity index is 4.72. The summed E-state index contributed by atoms with van der Waals surface area (Å²) >= 11 is 8.05. The number of hydrogen-bond donors (Lipinski definition) is 0. The molecule has 0 fully saturated rings. The zero-order chi connectivity index (χ0) is 20.9. The Kier molecular flexibility index (Phi) is 23.6. The van der Waals surface area contributed by atoms with Crippen molar-refractivity contribution >= 4 is 52.8 Å². The van der Waals surface area contributed by atoms with Crippen LogP contribution in [0.3, 0.4) is 0 Å². The summed E-state index contributed by atoms with van der Waals surface area (Å²) in [6.07, 6.45) is 10.1. The van der Waals surface area contributed by atoms with E-state index in [1.54, 1.807) is 0 Å². The molecule has 0 saturated carbocycles. The molecule has 168 valence electrons. The van der Waals surface area contributed by atoms with E-state index in [2.05, 4.69) is 27.7 Å². The van der Waals surface area contributed by atoms with Crippen molar-refractivity contribution in [2.45, 2.75) is 79.1 Å². The number of hydrogen-bond acceptors (Lipinski definition) is 5. The van der Waals surface area contributed by atoms with Crippen molar-refractivity contribution in [1.29, 1.82) is 0 Å². The van der Waals surface area contributed by atoms with Crippen LogP contribution >= 0.6 is 47.0 Å². The number of carbonyl (C=O) groups is 1. The lowest BCUT2D eigenvalue weighted by Gasteiger charge is -2.22. The van der Waals surface area contributed by atoms with Crippen molar-refractivity contribution in [2.24, 2.45) is 11.8 Å². The van der Waals surface area contributed by atoms with Crippen LogP contribution in [0.15, 0.2) is 0 Å². The third-order valence-electron chi connectivity index (χ3n) is 4.65. The fourth-order valence-corrected chi connectivity index (χ4v) is 7.85. The van der Waals surface area contributed by atoms with Gasteiger partial charge in [-0.05, 0) is 48.7 Å². The third-order valence-corrected chi connectivity index (χ3v) is 9.51. The van der Waals surface area contributed by atoms with E-state index < -0.39 is 0 Å². The van der Waals surface area contributed by atoms with Gasteiger partial charge in [0, 0.05) is 34.8 Å². The molecule has 0 radical (unpaired) electrons. The molecule has 0 atom stereocenters. The molecular weight excluding hydrogens is 421 g/mol. The van der Waals surface area contributed by atoms with Gasteiger partial charge in [-0.1, -0.05) is 53.4 Å². The maximum atomic E-state index is 13.4. The van der Waals surface area contributed by atoms with Gasteiger partial charge in [0.2, 0.25) is 0 Å². The van der Waals surface area contributed by atoms with E-state index in [0.29, 0.717) is 5.78 Å². The number of rotatable bonds is 22. The van der Waals surface area contributed by atoms with Gasteiger partial charge in [-0.25, -0.2) is 0 Å². The fourth-order valence-electron chi connectivity index (χ4n) is 2.65. The summed E-state index contributed by atoms with van der Waals surface area (Å²) in [5, 5.41) is 0. The van der Waals surface area contributed by atoms with Crippen LogP contribution in [0.25, 0.3) is 0 Å². The number of thioether (sulfide) groups is 4. The quantitative estimate of drug-likeness (QED) is 0.150. The highest BCUT2D eigenvalue weighted by Crippen LogP contribution is 2.25. The summed E-state index contributed by atoms with van der Waals surface area (Å²) in [7, 11) is 0. The van der Waals surface area contributed by atoms with Crippen LogP contribution in [0, 0.1) is 11.8 Å². The van der Waals surface area contributed by atoms with Crippen LogP contribution in [0.5, 0.6) is 0 Å². The Morgan fingerprint density at radius 1 is 0.536 bits per heavy atom. The second-order valence-corrected chi connectivity index (χ2v) is 12.1. The molecule has 0 aromatic heterocycles. The van der Waals surface area contributed by atoms with Gasteiger partial charge >= 0.3 is 0 Å². The van der Waals surface area contributed by atoms with E-state index >= 15 is 0 Å². The lowest BCUT2D eigenvalue weighted by Crippen LogP contribution is -2.31. The molecule has 1 nitrogen and oxygen atoms in total. The standard InChI is InChI=1S/C23H46OS4/c1-5-9-13-25-17-21(18-26-14-10-6-2)23(24)22(19-27-15-11-7-3)20-28-16-12-8-4/h21-22H,5-20H2,1-4H3. The van der Waals surface area contributed by atoms with Gasteiger partial charge < -0.3 is 0 Å². The molecule has 0 N–H and O–H groups in total. The van der Waals surface area contributed by atoms with Gasteiger partial charge in [0.05, 0.1) is 0 Å². The minimum Gasteiger partial charge on any atom is -0.299 e. The first-order valence-corrected chi connectivity index (χ1v) is 16.2. The predicted octanol–water partition coefficient (Wildman–Crippen LogP) is 7.92. The van der Waals surface area contributed by atoms with Crippen LogP contribution in [-0.4, -0.2) is 51.8 Å². The Bertz CT molecular complexity index is 285. The first-order chi connectivity index (χ1) is 13.7. The maximum absolute atomic E-state index is 13.4. The molecule has 0 spiro atoms. The molecule has 0 rings (SSSR count). The zero-order valence-corrected chi connectivity index (χ0v) is 22.3. The minimum atomic E-state index is 0.257. The summed E-state index contributed by atoms with van der Waals surface area (Å²) < 4.78 is 0. The molecule has 0 unspecified atom stereocenters. The molecule has 0 aromatic carbocycles. The van der Waals surface area contributed by atoms with Crippen molar-refractivity contribution in [3.63, 3.8) is 0 Å². The lowest BCUT2D eigenvalue weighted by atomic mass is 9.98. The Morgan fingerprint density at radius 3 is 1.00 bits per heavy atom. The first-order valence-electron chi connectivity index (χ1n) is 11.6. The van der Waals surface area contributed by atoms with Gasteiger partial charge in [-0.3, -0.25) is 4.79 Å². The fraction of sp³-hybridized carbons (Fsp3) is 0.957. The molecule has 0 amide bonds. The van der Waals surface area contributed by atoms with Crippen molar-refractivity contribution in [2.75, 3.05) is 46.0 Å². The highest BCUT2D eigenvalue weighted by Gasteiger charge is 2.27. The van der Waals surface area contributed by atoms with E-state index in [9.17, 15) is 4.79 Å². The summed E-state index contributed by atoms with van der Waals surface area (Å²) in [5.41, 5.74) is 0. The monoisotopic (exact) mass is 466 g/mol. The molecule has 0 saturated heterocycles. The Morgan fingerprint density at radius 2 is 0.786 bits per heavy atom. The number of ketones is 1. The van der Waals surface area contributed by atoms with Crippen molar-refractivity contribution in [3.05, 3.63) is 0 Å². The second-order valence-electron chi connectivity index (χ2n) is 7.51. The van der Waals surface area contributed by atoms with Gasteiger partial charge in [0.25, 0.3) is 0 Å². The first kappa shape index (κ1) is 29.1. The Hall–Kier alpha value is 1.07. The highest BCUT2D eigenvalue weighted by atomic mass is 32.2. The molecular formula is C23H46OS4. The molecule has 0 aliphatic heterocycles. The van der Waals surface area contributed by atoms with Gasteiger partial charge in [-0.15, -0.1) is 0 Å². The molecule has 0 heterocycles. The highest BCUT2D eigenvalue weighted by molar-refractivity contribution is 8.00. The van der Waals surface area contributed by atoms with Gasteiger partial charge in [0.15, 0.2) is 0 Å². The largest absolute Gasteiger partial charge is 0.299 e.